The molecule has 1 atom stereocenters. The summed E-state index contributed by atoms with van der Waals surface area (Å²) in [4.78, 5) is 11.9. The molecule has 0 saturated carbocycles. The van der Waals surface area contributed by atoms with E-state index in [9.17, 15) is 13.2 Å². The second kappa shape index (κ2) is 8.55. The van der Waals surface area contributed by atoms with Gasteiger partial charge in [-0.2, -0.15) is 0 Å². The van der Waals surface area contributed by atoms with E-state index < -0.39 is 10.0 Å². The average Bonchev–Trinajstić information content (AvgIpc) is 2.41. The number of benzene rings is 1. The highest BCUT2D eigenvalue weighted by Gasteiger charge is 2.18. The lowest BCUT2D eigenvalue weighted by Crippen LogP contribution is -2.37. The van der Waals surface area contributed by atoms with Gasteiger partial charge in [0.1, 0.15) is 0 Å². The normalized spacial score (nSPS) is 13.0. The van der Waals surface area contributed by atoms with Crippen LogP contribution < -0.4 is 9.62 Å². The molecule has 7 heteroatoms. The van der Waals surface area contributed by atoms with Crippen LogP contribution in [-0.4, -0.2) is 33.2 Å². The van der Waals surface area contributed by atoms with Gasteiger partial charge in [0.15, 0.2) is 0 Å². The van der Waals surface area contributed by atoms with Crippen molar-refractivity contribution in [2.24, 2.45) is 5.92 Å². The SMILES string of the molecule is CC(C)[C@H](C)NC(=O)CCCN(c1cccc(Cl)c1)S(C)(=O)=O. The van der Waals surface area contributed by atoms with Gasteiger partial charge < -0.3 is 5.32 Å². The fourth-order valence-electron chi connectivity index (χ4n) is 1.99. The topological polar surface area (TPSA) is 66.5 Å². The van der Waals surface area contributed by atoms with E-state index in [0.717, 1.165) is 6.26 Å². The van der Waals surface area contributed by atoms with Crippen molar-refractivity contribution in [1.82, 2.24) is 5.32 Å². The molecule has 0 spiro atoms. The lowest BCUT2D eigenvalue weighted by molar-refractivity contribution is -0.122. The van der Waals surface area contributed by atoms with Crippen LogP contribution in [0.1, 0.15) is 33.6 Å². The molecular weight excluding hydrogens is 336 g/mol. The van der Waals surface area contributed by atoms with Crippen LogP contribution in [0.25, 0.3) is 0 Å². The molecule has 0 aromatic heterocycles. The van der Waals surface area contributed by atoms with Gasteiger partial charge in [-0.3, -0.25) is 9.10 Å². The third-order valence-corrected chi connectivity index (χ3v) is 5.08. The van der Waals surface area contributed by atoms with Crippen molar-refractivity contribution in [3.8, 4) is 0 Å². The second-order valence-corrected chi connectivity index (χ2v) is 8.36. The molecule has 0 aliphatic rings. The van der Waals surface area contributed by atoms with Crippen molar-refractivity contribution in [1.29, 1.82) is 0 Å². The van der Waals surface area contributed by atoms with E-state index in [-0.39, 0.29) is 24.9 Å². The first kappa shape index (κ1) is 19.8. The maximum Gasteiger partial charge on any atom is 0.232 e. The first-order valence-corrected chi connectivity index (χ1v) is 9.86. The largest absolute Gasteiger partial charge is 0.353 e. The van der Waals surface area contributed by atoms with Crippen LogP contribution in [0.5, 0.6) is 0 Å². The Kier molecular flexibility index (Phi) is 7.35. The third-order valence-electron chi connectivity index (χ3n) is 3.65. The maximum absolute atomic E-state index is 12.0. The maximum atomic E-state index is 12.0. The summed E-state index contributed by atoms with van der Waals surface area (Å²) in [6.45, 7) is 6.27. The molecule has 0 radical (unpaired) electrons. The van der Waals surface area contributed by atoms with Crippen LogP contribution in [0.3, 0.4) is 0 Å². The van der Waals surface area contributed by atoms with Crippen molar-refractivity contribution in [2.75, 3.05) is 17.1 Å². The van der Waals surface area contributed by atoms with Crippen LogP contribution in [0.15, 0.2) is 24.3 Å². The highest BCUT2D eigenvalue weighted by Crippen LogP contribution is 2.22. The van der Waals surface area contributed by atoms with E-state index in [4.69, 9.17) is 11.6 Å². The summed E-state index contributed by atoms with van der Waals surface area (Å²) < 4.78 is 25.2. The van der Waals surface area contributed by atoms with Gasteiger partial charge in [-0.1, -0.05) is 31.5 Å². The van der Waals surface area contributed by atoms with Crippen LogP contribution in [-0.2, 0) is 14.8 Å². The third kappa shape index (κ3) is 6.79. The monoisotopic (exact) mass is 360 g/mol. The van der Waals surface area contributed by atoms with E-state index in [1.807, 2.05) is 20.8 Å². The first-order valence-electron chi connectivity index (χ1n) is 7.64. The molecule has 0 fully saturated rings. The number of hydrogen-bond donors (Lipinski definition) is 1. The predicted octanol–water partition coefficient (Wildman–Crippen LogP) is 3.05. The van der Waals surface area contributed by atoms with E-state index in [0.29, 0.717) is 23.0 Å². The summed E-state index contributed by atoms with van der Waals surface area (Å²) in [6, 6.07) is 6.78. The Balaban J connectivity index is 2.66. The van der Waals surface area contributed by atoms with Crippen LogP contribution in [0, 0.1) is 5.92 Å². The number of sulfonamides is 1. The number of nitrogens with zero attached hydrogens (tertiary/aromatic N) is 1. The summed E-state index contributed by atoms with van der Waals surface area (Å²) in [7, 11) is -3.43. The summed E-state index contributed by atoms with van der Waals surface area (Å²) in [5, 5.41) is 3.38. The molecule has 0 aliphatic carbocycles. The minimum atomic E-state index is -3.43. The number of carbonyl (C=O) groups excluding carboxylic acids is 1. The van der Waals surface area contributed by atoms with Crippen LogP contribution in [0.2, 0.25) is 5.02 Å². The Bertz CT molecular complexity index is 632. The number of amides is 1. The zero-order valence-corrected chi connectivity index (χ0v) is 15.6. The summed E-state index contributed by atoms with van der Waals surface area (Å²) in [6.07, 6.45) is 1.87. The first-order chi connectivity index (χ1) is 10.6. The van der Waals surface area contributed by atoms with Crippen molar-refractivity contribution >= 4 is 33.2 Å². The van der Waals surface area contributed by atoms with E-state index in [2.05, 4.69) is 5.32 Å². The Labute approximate surface area is 144 Å². The second-order valence-electron chi connectivity index (χ2n) is 6.02. The zero-order valence-electron chi connectivity index (χ0n) is 14.0. The highest BCUT2D eigenvalue weighted by molar-refractivity contribution is 7.92. The Hall–Kier alpha value is -1.27. The molecule has 1 N–H and O–H groups in total. The Morgan fingerprint density at radius 2 is 1.96 bits per heavy atom. The van der Waals surface area contributed by atoms with Gasteiger partial charge in [-0.25, -0.2) is 8.42 Å². The van der Waals surface area contributed by atoms with Gasteiger partial charge in [0.25, 0.3) is 0 Å². The van der Waals surface area contributed by atoms with Gasteiger partial charge in [-0.15, -0.1) is 0 Å². The van der Waals surface area contributed by atoms with E-state index in [1.165, 1.54) is 4.31 Å². The molecule has 1 amide bonds. The molecule has 0 bridgehead atoms. The van der Waals surface area contributed by atoms with E-state index >= 15 is 0 Å². The van der Waals surface area contributed by atoms with Gasteiger partial charge in [0.05, 0.1) is 11.9 Å². The number of anilines is 1. The molecule has 1 aromatic carbocycles. The smallest absolute Gasteiger partial charge is 0.232 e. The lowest BCUT2D eigenvalue weighted by atomic mass is 10.1. The fourth-order valence-corrected chi connectivity index (χ4v) is 3.14. The van der Waals surface area contributed by atoms with Gasteiger partial charge >= 0.3 is 0 Å². The van der Waals surface area contributed by atoms with Crippen LogP contribution in [0.4, 0.5) is 5.69 Å². The predicted molar refractivity (Wildman–Crippen MR) is 95.3 cm³/mol. The molecular formula is C16H25ClN2O3S. The molecule has 5 nitrogen and oxygen atoms in total. The molecule has 0 heterocycles. The molecule has 1 rings (SSSR count). The number of hydrogen-bond acceptors (Lipinski definition) is 3. The zero-order chi connectivity index (χ0) is 17.6. The number of halogens is 1. The van der Waals surface area contributed by atoms with Gasteiger partial charge in [0, 0.05) is 24.0 Å². The molecule has 0 saturated heterocycles. The Morgan fingerprint density at radius 3 is 2.48 bits per heavy atom. The number of nitrogens with one attached hydrogen (secondary N) is 1. The minimum Gasteiger partial charge on any atom is -0.353 e. The standard InChI is InChI=1S/C16H25ClN2O3S/c1-12(2)13(3)18-16(20)9-6-10-19(23(4,21)22)15-8-5-7-14(17)11-15/h5,7-8,11-13H,6,9-10H2,1-4H3,(H,18,20)/t13-/m0/s1. The molecule has 130 valence electrons. The van der Waals surface area contributed by atoms with Crippen LogP contribution >= 0.6 is 11.6 Å². The van der Waals surface area contributed by atoms with Crippen molar-refractivity contribution in [2.45, 2.75) is 39.7 Å². The Morgan fingerprint density at radius 1 is 1.30 bits per heavy atom. The summed E-state index contributed by atoms with van der Waals surface area (Å²) in [5.74, 6) is 0.295. The van der Waals surface area contributed by atoms with E-state index in [1.54, 1.807) is 24.3 Å². The molecule has 23 heavy (non-hydrogen) atoms. The van der Waals surface area contributed by atoms with Gasteiger partial charge in [-0.05, 0) is 37.5 Å². The summed E-state index contributed by atoms with van der Waals surface area (Å²) in [5.41, 5.74) is 0.510. The van der Waals surface area contributed by atoms with Crippen molar-refractivity contribution in [3.63, 3.8) is 0 Å². The molecule has 0 unspecified atom stereocenters. The minimum absolute atomic E-state index is 0.0641. The highest BCUT2D eigenvalue weighted by atomic mass is 35.5. The average molecular weight is 361 g/mol. The van der Waals surface area contributed by atoms with Crippen molar-refractivity contribution in [3.05, 3.63) is 29.3 Å². The van der Waals surface area contributed by atoms with Crippen molar-refractivity contribution < 1.29 is 13.2 Å². The number of carbonyl (C=O) groups is 1. The lowest BCUT2D eigenvalue weighted by Gasteiger charge is -2.23. The molecule has 1 aromatic rings. The molecule has 0 aliphatic heterocycles. The van der Waals surface area contributed by atoms with Gasteiger partial charge in [0.2, 0.25) is 15.9 Å². The summed E-state index contributed by atoms with van der Waals surface area (Å²) >= 11 is 5.92. The number of rotatable bonds is 8. The quantitative estimate of drug-likeness (QED) is 0.774. The fraction of sp³-hybridized carbons (Fsp3) is 0.562.